The summed E-state index contributed by atoms with van der Waals surface area (Å²) in [5.74, 6) is 0. The molecule has 0 spiro atoms. The molecule has 0 rings (SSSR count). The normalized spacial score (nSPS) is 0.800. The fraction of sp³-hybridized carbons (Fsp3) is 0. The van der Waals surface area contributed by atoms with Crippen LogP contribution >= 0.6 is 0 Å². The first kappa shape index (κ1) is 44.6. The van der Waals surface area contributed by atoms with Crippen LogP contribution in [0.1, 0.15) is 0 Å². The Balaban J connectivity index is -0.00000000167. The molecule has 0 amide bonds. The molecule has 5 heavy (non-hydrogen) atoms. The molecule has 0 radical (unpaired) electrons. The van der Waals surface area contributed by atoms with Gasteiger partial charge in [0.2, 0.25) is 0 Å². The van der Waals surface area contributed by atoms with E-state index in [1.807, 2.05) is 0 Å². The maximum absolute atomic E-state index is 3.00. The first-order valence-corrected chi connectivity index (χ1v) is 0.500. The van der Waals surface area contributed by atoms with E-state index in [1.54, 1.807) is 0 Å². The van der Waals surface area contributed by atoms with Crippen LogP contribution in [0.15, 0.2) is 13.2 Å². The topological polar surface area (TPSA) is 70.0 Å². The molecule has 0 aliphatic rings. The third-order valence-corrected chi connectivity index (χ3v) is 0. The van der Waals surface area contributed by atoms with Crippen LogP contribution in [0.5, 0.6) is 0 Å². The molecule has 0 heterocycles. The zero-order valence-electron chi connectivity index (χ0n) is 2.83. The van der Waals surface area contributed by atoms with Gasteiger partial charge in [0.25, 0.3) is 0 Å². The fourth-order valence-electron chi connectivity index (χ4n) is 0. The molecule has 0 aliphatic heterocycles. The van der Waals surface area contributed by atoms with Crippen LogP contribution in [0.4, 0.5) is 0 Å². The van der Waals surface area contributed by atoms with E-state index in [0.29, 0.717) is 0 Å². The van der Waals surface area contributed by atoms with Crippen LogP contribution in [0.25, 0.3) is 0 Å². The van der Waals surface area contributed by atoms with E-state index >= 15 is 0 Å². The average Bonchev–Trinajstić information content (AvgIpc) is 1.00. The first-order chi connectivity index (χ1) is 1.00. The third kappa shape index (κ3) is 75.7. The predicted octanol–water partition coefficient (Wildman–Crippen LogP) is 0.478. The Labute approximate surface area is 55.1 Å². The SMILES string of the molecule is C=C.N.N.[NaH]. The van der Waals surface area contributed by atoms with Crippen LogP contribution in [0.3, 0.4) is 0 Å². The molecule has 0 fully saturated rings. The van der Waals surface area contributed by atoms with Crippen molar-refractivity contribution in [1.29, 1.82) is 0 Å². The minimum absolute atomic E-state index is 0. The van der Waals surface area contributed by atoms with Gasteiger partial charge in [-0.15, -0.1) is 13.2 Å². The Hall–Kier alpha value is 0.660. The average molecular weight is 86.1 g/mol. The van der Waals surface area contributed by atoms with Crippen LogP contribution in [0.2, 0.25) is 0 Å². The van der Waals surface area contributed by atoms with E-state index in [-0.39, 0.29) is 41.9 Å². The van der Waals surface area contributed by atoms with Gasteiger partial charge < -0.3 is 12.3 Å². The van der Waals surface area contributed by atoms with Gasteiger partial charge in [-0.3, -0.25) is 0 Å². The molecule has 0 atom stereocenters. The number of hydrogen-bond donors (Lipinski definition) is 2. The van der Waals surface area contributed by atoms with Crippen LogP contribution < -0.4 is 12.3 Å². The summed E-state index contributed by atoms with van der Waals surface area (Å²) in [5.41, 5.74) is 0. The van der Waals surface area contributed by atoms with Crippen molar-refractivity contribution in [2.45, 2.75) is 0 Å². The Bertz CT molecular complexity index is 7.61. The quantitative estimate of drug-likeness (QED) is 0.332. The Morgan fingerprint density at radius 1 is 0.800 bits per heavy atom. The Kier molecular flexibility index (Phi) is 1280. The van der Waals surface area contributed by atoms with Crippen LogP contribution in [0, 0.1) is 0 Å². The summed E-state index contributed by atoms with van der Waals surface area (Å²) in [7, 11) is 0. The number of rotatable bonds is 0. The van der Waals surface area contributed by atoms with Crippen LogP contribution in [-0.4, -0.2) is 29.6 Å². The van der Waals surface area contributed by atoms with Crippen molar-refractivity contribution in [3.05, 3.63) is 13.2 Å². The molecule has 0 bridgehead atoms. The van der Waals surface area contributed by atoms with Gasteiger partial charge >= 0.3 is 29.6 Å². The zero-order valence-corrected chi connectivity index (χ0v) is 2.83. The minimum atomic E-state index is 0. The second-order valence-corrected chi connectivity index (χ2v) is 0. The molecule has 2 nitrogen and oxygen atoms in total. The van der Waals surface area contributed by atoms with Gasteiger partial charge in [0.1, 0.15) is 0 Å². The van der Waals surface area contributed by atoms with Gasteiger partial charge in [-0.1, -0.05) is 0 Å². The summed E-state index contributed by atoms with van der Waals surface area (Å²) >= 11 is 0. The first-order valence-electron chi connectivity index (χ1n) is 0.500. The molecule has 30 valence electrons. The summed E-state index contributed by atoms with van der Waals surface area (Å²) in [4.78, 5) is 0. The van der Waals surface area contributed by atoms with E-state index in [4.69, 9.17) is 0 Å². The van der Waals surface area contributed by atoms with Gasteiger partial charge in [-0.25, -0.2) is 0 Å². The molecule has 0 aromatic heterocycles. The van der Waals surface area contributed by atoms with E-state index in [9.17, 15) is 0 Å². The van der Waals surface area contributed by atoms with Crippen molar-refractivity contribution in [2.24, 2.45) is 0 Å². The van der Waals surface area contributed by atoms with Gasteiger partial charge in [-0.05, 0) is 0 Å². The summed E-state index contributed by atoms with van der Waals surface area (Å²) in [5, 5.41) is 0. The molecule has 0 aliphatic carbocycles. The molecule has 3 heteroatoms. The van der Waals surface area contributed by atoms with Crippen molar-refractivity contribution in [3.63, 3.8) is 0 Å². The summed E-state index contributed by atoms with van der Waals surface area (Å²) < 4.78 is 0. The summed E-state index contributed by atoms with van der Waals surface area (Å²) in [6.07, 6.45) is 0. The van der Waals surface area contributed by atoms with E-state index in [1.165, 1.54) is 0 Å². The van der Waals surface area contributed by atoms with Crippen LogP contribution in [-0.2, 0) is 0 Å². The summed E-state index contributed by atoms with van der Waals surface area (Å²) in [6, 6.07) is 0. The molecule has 0 unspecified atom stereocenters. The van der Waals surface area contributed by atoms with E-state index < -0.39 is 0 Å². The van der Waals surface area contributed by atoms with Gasteiger partial charge in [0.15, 0.2) is 0 Å². The third-order valence-electron chi connectivity index (χ3n) is 0. The molecular weight excluding hydrogens is 75.0 g/mol. The second kappa shape index (κ2) is 143. The zero-order chi connectivity index (χ0) is 2.00. The molecule has 0 saturated heterocycles. The van der Waals surface area contributed by atoms with Gasteiger partial charge in [-0.2, -0.15) is 0 Å². The standard InChI is InChI=1S/C2H4.2H3N.Na.H/c1-2;;;;/h1-2H2;2*1H3;;. The van der Waals surface area contributed by atoms with E-state index in [2.05, 4.69) is 13.2 Å². The molecule has 0 saturated carbocycles. The second-order valence-electron chi connectivity index (χ2n) is 0. The molecule has 0 aromatic carbocycles. The number of hydrogen-bond acceptors (Lipinski definition) is 2. The van der Waals surface area contributed by atoms with Crippen molar-refractivity contribution in [3.8, 4) is 0 Å². The Morgan fingerprint density at radius 2 is 0.800 bits per heavy atom. The van der Waals surface area contributed by atoms with E-state index in [0.717, 1.165) is 0 Å². The molecule has 6 N–H and O–H groups in total. The van der Waals surface area contributed by atoms with Crippen molar-refractivity contribution >= 4 is 29.6 Å². The van der Waals surface area contributed by atoms with Crippen molar-refractivity contribution < 1.29 is 0 Å². The molecular formula is C2H11N2Na. The monoisotopic (exact) mass is 86.1 g/mol. The fourth-order valence-corrected chi connectivity index (χ4v) is 0. The van der Waals surface area contributed by atoms with Crippen molar-refractivity contribution in [2.75, 3.05) is 0 Å². The Morgan fingerprint density at radius 3 is 0.800 bits per heavy atom. The summed E-state index contributed by atoms with van der Waals surface area (Å²) in [6.45, 7) is 6.00. The molecule has 0 aromatic rings. The van der Waals surface area contributed by atoms with Gasteiger partial charge in [0.05, 0.1) is 0 Å². The predicted molar refractivity (Wildman–Crippen MR) is 28.4 cm³/mol. The van der Waals surface area contributed by atoms with Crippen molar-refractivity contribution in [1.82, 2.24) is 12.3 Å². The van der Waals surface area contributed by atoms with Gasteiger partial charge in [0, 0.05) is 0 Å². The maximum atomic E-state index is 3.00.